The molecule has 1 atom stereocenters. The number of pyridine rings is 1. The number of fused-ring (bicyclic) bond motifs is 1. The Balaban J connectivity index is 1.74. The van der Waals surface area contributed by atoms with Gasteiger partial charge in [0.2, 0.25) is 0 Å². The maximum atomic E-state index is 12.4. The first-order valence-electron chi connectivity index (χ1n) is 7.20. The molecule has 23 heavy (non-hydrogen) atoms. The molecule has 0 aliphatic rings. The Bertz CT molecular complexity index is 829. The summed E-state index contributed by atoms with van der Waals surface area (Å²) < 4.78 is 6.63. The van der Waals surface area contributed by atoms with E-state index in [4.69, 9.17) is 4.74 Å². The van der Waals surface area contributed by atoms with Gasteiger partial charge >= 0.3 is 0 Å². The Labute approximate surface area is 142 Å². The third-order valence-corrected chi connectivity index (χ3v) is 3.93. The predicted octanol–water partition coefficient (Wildman–Crippen LogP) is 4.40. The maximum absolute atomic E-state index is 12.4. The molecule has 0 aliphatic heterocycles. The summed E-state index contributed by atoms with van der Waals surface area (Å²) in [7, 11) is 0. The van der Waals surface area contributed by atoms with E-state index in [9.17, 15) is 4.79 Å². The molecule has 0 spiro atoms. The average molecular weight is 371 g/mol. The second-order valence-corrected chi connectivity index (χ2v) is 5.99. The Hall–Kier alpha value is -2.40. The topological polar surface area (TPSA) is 51.2 Å². The zero-order valence-electron chi connectivity index (χ0n) is 12.5. The lowest BCUT2D eigenvalue weighted by Gasteiger charge is -2.15. The average Bonchev–Trinajstić information content (AvgIpc) is 2.57. The minimum absolute atomic E-state index is 0.204. The lowest BCUT2D eigenvalue weighted by molar-refractivity contribution is -0.122. The van der Waals surface area contributed by atoms with Gasteiger partial charge in [-0.3, -0.25) is 9.78 Å². The zero-order chi connectivity index (χ0) is 16.2. The number of hydrogen-bond donors (Lipinski definition) is 1. The number of nitrogens with one attached hydrogen (secondary N) is 1. The van der Waals surface area contributed by atoms with Crippen LogP contribution in [0, 0.1) is 0 Å². The van der Waals surface area contributed by atoms with E-state index < -0.39 is 6.10 Å². The summed E-state index contributed by atoms with van der Waals surface area (Å²) in [6, 6.07) is 16.8. The van der Waals surface area contributed by atoms with E-state index in [1.165, 1.54) is 0 Å². The molecule has 0 bridgehead atoms. The second kappa shape index (κ2) is 6.79. The molecule has 1 aromatic heterocycles. The summed E-state index contributed by atoms with van der Waals surface area (Å²) >= 11 is 3.37. The van der Waals surface area contributed by atoms with Gasteiger partial charge < -0.3 is 10.1 Å². The van der Waals surface area contributed by atoms with E-state index in [1.807, 2.05) is 54.6 Å². The van der Waals surface area contributed by atoms with Crippen LogP contribution in [0.25, 0.3) is 10.9 Å². The van der Waals surface area contributed by atoms with Crippen LogP contribution >= 0.6 is 15.9 Å². The normalized spacial score (nSPS) is 11.9. The smallest absolute Gasteiger partial charge is 0.265 e. The highest BCUT2D eigenvalue weighted by molar-refractivity contribution is 9.10. The molecule has 1 amide bonds. The highest BCUT2D eigenvalue weighted by Crippen LogP contribution is 2.22. The van der Waals surface area contributed by atoms with Crippen LogP contribution in [-0.4, -0.2) is 17.0 Å². The van der Waals surface area contributed by atoms with Crippen LogP contribution in [0.4, 0.5) is 5.69 Å². The van der Waals surface area contributed by atoms with Crippen LogP contribution in [0.1, 0.15) is 6.92 Å². The highest BCUT2D eigenvalue weighted by atomic mass is 79.9. The Morgan fingerprint density at radius 1 is 1.13 bits per heavy atom. The van der Waals surface area contributed by atoms with Gasteiger partial charge in [-0.25, -0.2) is 0 Å². The number of halogens is 1. The molecular formula is C18H15BrN2O2. The monoisotopic (exact) mass is 370 g/mol. The molecule has 0 radical (unpaired) electrons. The minimum atomic E-state index is -0.608. The highest BCUT2D eigenvalue weighted by Gasteiger charge is 2.16. The molecular weight excluding hydrogens is 356 g/mol. The van der Waals surface area contributed by atoms with Gasteiger partial charge in [-0.05, 0) is 55.5 Å². The SMILES string of the molecule is CC(Oc1ccc(Br)cc1)C(=O)Nc1cccc2ncccc12. The van der Waals surface area contributed by atoms with E-state index in [2.05, 4.69) is 26.2 Å². The van der Waals surface area contributed by atoms with Crippen molar-refractivity contribution in [2.75, 3.05) is 5.32 Å². The third-order valence-electron chi connectivity index (χ3n) is 3.40. The second-order valence-electron chi connectivity index (χ2n) is 5.08. The first-order chi connectivity index (χ1) is 11.1. The van der Waals surface area contributed by atoms with Crippen LogP contribution < -0.4 is 10.1 Å². The van der Waals surface area contributed by atoms with Gasteiger partial charge in [-0.15, -0.1) is 0 Å². The molecule has 1 N–H and O–H groups in total. The van der Waals surface area contributed by atoms with Crippen molar-refractivity contribution in [2.24, 2.45) is 0 Å². The number of ether oxygens (including phenoxy) is 1. The number of nitrogens with zero attached hydrogens (tertiary/aromatic N) is 1. The van der Waals surface area contributed by atoms with Gasteiger partial charge in [0.15, 0.2) is 6.10 Å². The zero-order valence-corrected chi connectivity index (χ0v) is 14.1. The lowest BCUT2D eigenvalue weighted by atomic mass is 10.2. The van der Waals surface area contributed by atoms with Crippen LogP contribution in [-0.2, 0) is 4.79 Å². The molecule has 1 heterocycles. The first-order valence-corrected chi connectivity index (χ1v) is 7.99. The molecule has 0 saturated carbocycles. The third kappa shape index (κ3) is 3.68. The van der Waals surface area contributed by atoms with Crippen LogP contribution in [0.3, 0.4) is 0 Å². The summed E-state index contributed by atoms with van der Waals surface area (Å²) in [5, 5.41) is 3.81. The summed E-state index contributed by atoms with van der Waals surface area (Å²) in [6.07, 6.45) is 1.12. The van der Waals surface area contributed by atoms with Gasteiger partial charge in [0.25, 0.3) is 5.91 Å². The molecule has 0 aliphatic carbocycles. The van der Waals surface area contributed by atoms with Crippen molar-refractivity contribution in [2.45, 2.75) is 13.0 Å². The summed E-state index contributed by atoms with van der Waals surface area (Å²) in [6.45, 7) is 1.72. The first kappa shape index (κ1) is 15.5. The van der Waals surface area contributed by atoms with Crippen molar-refractivity contribution in [3.63, 3.8) is 0 Å². The number of carbonyl (C=O) groups is 1. The fraction of sp³-hybridized carbons (Fsp3) is 0.111. The number of carbonyl (C=O) groups excluding carboxylic acids is 1. The van der Waals surface area contributed by atoms with E-state index >= 15 is 0 Å². The Kier molecular flexibility index (Phi) is 4.57. The quantitative estimate of drug-likeness (QED) is 0.740. The number of hydrogen-bond acceptors (Lipinski definition) is 3. The van der Waals surface area contributed by atoms with Crippen LogP contribution in [0.5, 0.6) is 5.75 Å². The number of amides is 1. The number of benzene rings is 2. The predicted molar refractivity (Wildman–Crippen MR) is 94.6 cm³/mol. The van der Waals surface area contributed by atoms with Crippen molar-refractivity contribution < 1.29 is 9.53 Å². The summed E-state index contributed by atoms with van der Waals surface area (Å²) in [4.78, 5) is 16.6. The molecule has 0 fully saturated rings. The molecule has 1 unspecified atom stereocenters. The molecule has 5 heteroatoms. The van der Waals surface area contributed by atoms with Crippen LogP contribution in [0.2, 0.25) is 0 Å². The molecule has 4 nitrogen and oxygen atoms in total. The van der Waals surface area contributed by atoms with Gasteiger partial charge in [0, 0.05) is 16.1 Å². The molecule has 3 aromatic rings. The lowest BCUT2D eigenvalue weighted by Crippen LogP contribution is -2.30. The van der Waals surface area contributed by atoms with E-state index in [-0.39, 0.29) is 5.91 Å². The van der Waals surface area contributed by atoms with Crippen molar-refractivity contribution in [1.82, 2.24) is 4.98 Å². The fourth-order valence-electron chi connectivity index (χ4n) is 2.22. The summed E-state index contributed by atoms with van der Waals surface area (Å²) in [5.41, 5.74) is 1.57. The number of aromatic nitrogens is 1. The van der Waals surface area contributed by atoms with Gasteiger partial charge in [-0.2, -0.15) is 0 Å². The fourth-order valence-corrected chi connectivity index (χ4v) is 2.48. The van der Waals surface area contributed by atoms with Crippen LogP contribution in [0.15, 0.2) is 65.3 Å². The van der Waals surface area contributed by atoms with Gasteiger partial charge in [0.05, 0.1) is 11.2 Å². The van der Waals surface area contributed by atoms with Crippen molar-refractivity contribution in [3.8, 4) is 5.75 Å². The Morgan fingerprint density at radius 2 is 1.91 bits per heavy atom. The number of rotatable bonds is 4. The van der Waals surface area contributed by atoms with Crippen molar-refractivity contribution in [3.05, 3.63) is 65.3 Å². The standard InChI is InChI=1S/C18H15BrN2O2/c1-12(23-14-9-7-13(19)8-10-14)18(22)21-17-6-2-5-16-15(17)4-3-11-20-16/h2-12H,1H3,(H,21,22). The van der Waals surface area contributed by atoms with E-state index in [0.717, 1.165) is 21.1 Å². The van der Waals surface area contributed by atoms with Gasteiger partial charge in [0.1, 0.15) is 5.75 Å². The van der Waals surface area contributed by atoms with Crippen molar-refractivity contribution >= 4 is 38.4 Å². The van der Waals surface area contributed by atoms with E-state index in [0.29, 0.717) is 5.75 Å². The summed E-state index contributed by atoms with van der Waals surface area (Å²) in [5.74, 6) is 0.444. The maximum Gasteiger partial charge on any atom is 0.265 e. The number of anilines is 1. The van der Waals surface area contributed by atoms with Gasteiger partial charge in [-0.1, -0.05) is 22.0 Å². The van der Waals surface area contributed by atoms with Crippen molar-refractivity contribution in [1.29, 1.82) is 0 Å². The molecule has 0 saturated heterocycles. The Morgan fingerprint density at radius 3 is 2.70 bits per heavy atom. The molecule has 116 valence electrons. The van der Waals surface area contributed by atoms with E-state index in [1.54, 1.807) is 13.1 Å². The molecule has 2 aromatic carbocycles. The molecule has 3 rings (SSSR count). The largest absolute Gasteiger partial charge is 0.481 e. The minimum Gasteiger partial charge on any atom is -0.481 e.